The molecular weight excluding hydrogens is 230 g/mol. The zero-order valence-electron chi connectivity index (χ0n) is 10.7. The molecule has 2 rings (SSSR count). The van der Waals surface area contributed by atoms with Gasteiger partial charge >= 0.3 is 0 Å². The first-order valence-corrected chi connectivity index (χ1v) is 7.48. The second-order valence-corrected chi connectivity index (χ2v) is 6.06. The van der Waals surface area contributed by atoms with E-state index in [9.17, 15) is 0 Å². The fourth-order valence-corrected chi connectivity index (χ4v) is 3.44. The van der Waals surface area contributed by atoms with Crippen molar-refractivity contribution >= 4 is 11.3 Å². The van der Waals surface area contributed by atoms with Crippen LogP contribution >= 0.6 is 11.3 Å². The minimum absolute atomic E-state index is 0.699. The van der Waals surface area contributed by atoms with Gasteiger partial charge in [-0.05, 0) is 32.4 Å². The van der Waals surface area contributed by atoms with Crippen molar-refractivity contribution in [3.05, 3.63) is 16.1 Å². The molecule has 1 fully saturated rings. The summed E-state index contributed by atoms with van der Waals surface area (Å²) in [7, 11) is 2.21. The third-order valence-electron chi connectivity index (χ3n) is 3.43. The molecule has 0 saturated heterocycles. The quantitative estimate of drug-likeness (QED) is 0.845. The minimum Gasteiger partial charge on any atom is -0.330 e. The summed E-state index contributed by atoms with van der Waals surface area (Å²) in [4.78, 5) is 7.03. The van der Waals surface area contributed by atoms with Crippen LogP contribution < -0.4 is 5.73 Å². The topological polar surface area (TPSA) is 42.1 Å². The van der Waals surface area contributed by atoms with Gasteiger partial charge in [-0.2, -0.15) is 0 Å². The molecular formula is C13H23N3S. The standard InChI is InChI=1S/C13H23N3S/c1-16(8-11-4-2-3-5-11)9-12-10-17-13(15-12)6-7-14/h10-11H,2-9,14H2,1H3. The van der Waals surface area contributed by atoms with Crippen LogP contribution in [0.2, 0.25) is 0 Å². The van der Waals surface area contributed by atoms with E-state index in [-0.39, 0.29) is 0 Å². The summed E-state index contributed by atoms with van der Waals surface area (Å²) in [6.45, 7) is 2.91. The summed E-state index contributed by atoms with van der Waals surface area (Å²) in [5.74, 6) is 0.919. The smallest absolute Gasteiger partial charge is 0.0941 e. The second kappa shape index (κ2) is 6.47. The summed E-state index contributed by atoms with van der Waals surface area (Å²) in [5, 5.41) is 3.35. The molecule has 1 saturated carbocycles. The molecule has 1 aromatic heterocycles. The third-order valence-corrected chi connectivity index (χ3v) is 4.39. The molecule has 1 aliphatic carbocycles. The van der Waals surface area contributed by atoms with Gasteiger partial charge in [0.15, 0.2) is 0 Å². The van der Waals surface area contributed by atoms with Crippen molar-refractivity contribution in [1.82, 2.24) is 9.88 Å². The van der Waals surface area contributed by atoms with Crippen LogP contribution in [-0.4, -0.2) is 30.0 Å². The van der Waals surface area contributed by atoms with Crippen LogP contribution in [0.5, 0.6) is 0 Å². The third kappa shape index (κ3) is 4.05. The van der Waals surface area contributed by atoms with E-state index in [1.54, 1.807) is 11.3 Å². The van der Waals surface area contributed by atoms with Gasteiger partial charge in [0.1, 0.15) is 0 Å². The second-order valence-electron chi connectivity index (χ2n) is 5.12. The summed E-state index contributed by atoms with van der Waals surface area (Å²) < 4.78 is 0. The minimum atomic E-state index is 0.699. The van der Waals surface area contributed by atoms with Gasteiger partial charge < -0.3 is 10.6 Å². The van der Waals surface area contributed by atoms with Crippen LogP contribution in [0.3, 0.4) is 0 Å². The molecule has 3 nitrogen and oxygen atoms in total. The van der Waals surface area contributed by atoms with Crippen molar-refractivity contribution in [2.24, 2.45) is 11.7 Å². The van der Waals surface area contributed by atoms with Crippen LogP contribution in [0.25, 0.3) is 0 Å². The largest absolute Gasteiger partial charge is 0.330 e. The fourth-order valence-electron chi connectivity index (χ4n) is 2.63. The van der Waals surface area contributed by atoms with Crippen molar-refractivity contribution in [3.8, 4) is 0 Å². The Hall–Kier alpha value is -0.450. The molecule has 2 N–H and O–H groups in total. The van der Waals surface area contributed by atoms with Crippen molar-refractivity contribution < 1.29 is 0 Å². The van der Waals surface area contributed by atoms with Crippen LogP contribution in [0, 0.1) is 5.92 Å². The van der Waals surface area contributed by atoms with E-state index < -0.39 is 0 Å². The lowest BCUT2D eigenvalue weighted by molar-refractivity contribution is 0.269. The van der Waals surface area contributed by atoms with Crippen LogP contribution in [0.15, 0.2) is 5.38 Å². The molecule has 1 aromatic rings. The van der Waals surface area contributed by atoms with E-state index in [2.05, 4.69) is 22.3 Å². The lowest BCUT2D eigenvalue weighted by Crippen LogP contribution is -2.24. The average molecular weight is 253 g/mol. The molecule has 17 heavy (non-hydrogen) atoms. The van der Waals surface area contributed by atoms with Crippen molar-refractivity contribution in [1.29, 1.82) is 0 Å². The van der Waals surface area contributed by atoms with E-state index in [1.807, 2.05) is 0 Å². The number of hydrogen-bond acceptors (Lipinski definition) is 4. The average Bonchev–Trinajstić information content (AvgIpc) is 2.91. The molecule has 0 bridgehead atoms. The van der Waals surface area contributed by atoms with Crippen molar-refractivity contribution in [3.63, 3.8) is 0 Å². The molecule has 1 heterocycles. The molecule has 0 aromatic carbocycles. The van der Waals surface area contributed by atoms with Gasteiger partial charge in [-0.1, -0.05) is 12.8 Å². The molecule has 0 amide bonds. The number of aromatic nitrogens is 1. The van der Waals surface area contributed by atoms with E-state index in [4.69, 9.17) is 5.73 Å². The summed E-state index contributed by atoms with van der Waals surface area (Å²) >= 11 is 1.74. The highest BCUT2D eigenvalue weighted by atomic mass is 32.1. The van der Waals surface area contributed by atoms with Crippen LogP contribution in [-0.2, 0) is 13.0 Å². The van der Waals surface area contributed by atoms with Crippen LogP contribution in [0.1, 0.15) is 36.4 Å². The van der Waals surface area contributed by atoms with E-state index in [1.165, 1.54) is 42.9 Å². The Balaban J connectivity index is 1.78. The van der Waals surface area contributed by atoms with Gasteiger partial charge in [0.25, 0.3) is 0 Å². The van der Waals surface area contributed by atoms with Crippen molar-refractivity contribution in [2.75, 3.05) is 20.1 Å². The maximum absolute atomic E-state index is 5.54. The molecule has 0 unspecified atom stereocenters. The van der Waals surface area contributed by atoms with Crippen molar-refractivity contribution in [2.45, 2.75) is 38.6 Å². The Morgan fingerprint density at radius 3 is 2.94 bits per heavy atom. The molecule has 4 heteroatoms. The first kappa shape index (κ1) is 13.0. The van der Waals surface area contributed by atoms with Gasteiger partial charge in [0.2, 0.25) is 0 Å². The predicted octanol–water partition coefficient (Wildman–Crippen LogP) is 2.27. The molecule has 96 valence electrons. The van der Waals surface area contributed by atoms with Gasteiger partial charge in [-0.3, -0.25) is 0 Å². The molecule has 0 atom stereocenters. The van der Waals surface area contributed by atoms with E-state index >= 15 is 0 Å². The molecule has 1 aliphatic rings. The maximum atomic E-state index is 5.54. The predicted molar refractivity (Wildman–Crippen MR) is 73.2 cm³/mol. The Morgan fingerprint density at radius 2 is 2.24 bits per heavy atom. The Labute approximate surface area is 108 Å². The highest BCUT2D eigenvalue weighted by Crippen LogP contribution is 2.25. The van der Waals surface area contributed by atoms with E-state index in [0.717, 1.165) is 18.9 Å². The van der Waals surface area contributed by atoms with Gasteiger partial charge in [-0.15, -0.1) is 11.3 Å². The lowest BCUT2D eigenvalue weighted by Gasteiger charge is -2.19. The monoisotopic (exact) mass is 253 g/mol. The fraction of sp³-hybridized carbons (Fsp3) is 0.769. The number of rotatable bonds is 6. The molecule has 0 aliphatic heterocycles. The molecule has 0 spiro atoms. The van der Waals surface area contributed by atoms with E-state index in [0.29, 0.717) is 6.54 Å². The number of nitrogens with two attached hydrogens (primary N) is 1. The maximum Gasteiger partial charge on any atom is 0.0941 e. The van der Waals surface area contributed by atoms with Gasteiger partial charge in [0.05, 0.1) is 10.7 Å². The highest BCUT2D eigenvalue weighted by molar-refractivity contribution is 7.09. The first-order valence-electron chi connectivity index (χ1n) is 6.60. The van der Waals surface area contributed by atoms with Crippen LogP contribution in [0.4, 0.5) is 0 Å². The van der Waals surface area contributed by atoms with Gasteiger partial charge in [0, 0.05) is 24.9 Å². The van der Waals surface area contributed by atoms with Gasteiger partial charge in [-0.25, -0.2) is 4.98 Å². The Kier molecular flexibility index (Phi) is 4.95. The number of nitrogens with zero attached hydrogens (tertiary/aromatic N) is 2. The zero-order chi connectivity index (χ0) is 12.1. The zero-order valence-corrected chi connectivity index (χ0v) is 11.5. The Morgan fingerprint density at radius 1 is 1.47 bits per heavy atom. The number of thiazole rings is 1. The lowest BCUT2D eigenvalue weighted by atomic mass is 10.1. The number of hydrogen-bond donors (Lipinski definition) is 1. The summed E-state index contributed by atoms with van der Waals surface area (Å²) in [6.07, 6.45) is 6.60. The normalized spacial score (nSPS) is 17.1. The summed E-state index contributed by atoms with van der Waals surface area (Å²) in [6, 6.07) is 0. The molecule has 0 radical (unpaired) electrons. The first-order chi connectivity index (χ1) is 8.28. The SMILES string of the molecule is CN(Cc1csc(CCN)n1)CC1CCCC1. The Bertz CT molecular complexity index is 331. The highest BCUT2D eigenvalue weighted by Gasteiger charge is 2.17. The summed E-state index contributed by atoms with van der Waals surface area (Å²) in [5.41, 5.74) is 6.74.